The van der Waals surface area contributed by atoms with E-state index in [4.69, 9.17) is 0 Å². The Balaban J connectivity index is 1.90. The molecule has 1 N–H and O–H groups in total. The van der Waals surface area contributed by atoms with E-state index >= 15 is 0 Å². The minimum Gasteiger partial charge on any atom is -0.308 e. The van der Waals surface area contributed by atoms with Crippen molar-refractivity contribution in [2.24, 2.45) is 7.05 Å². The Labute approximate surface area is 106 Å². The molecule has 0 aromatic carbocycles. The summed E-state index contributed by atoms with van der Waals surface area (Å²) in [6.45, 7) is 6.15. The van der Waals surface area contributed by atoms with Gasteiger partial charge in [-0.15, -0.1) is 11.3 Å². The van der Waals surface area contributed by atoms with E-state index < -0.39 is 0 Å². The SMILES string of the molecule is CCc1ccsc1CNCc1cnn(C)c1C. The van der Waals surface area contributed by atoms with Gasteiger partial charge < -0.3 is 5.32 Å². The van der Waals surface area contributed by atoms with Crippen LogP contribution in [0, 0.1) is 6.92 Å². The van der Waals surface area contributed by atoms with Crippen LogP contribution in [0.25, 0.3) is 0 Å². The molecule has 0 saturated carbocycles. The van der Waals surface area contributed by atoms with E-state index in [9.17, 15) is 0 Å². The molecular weight excluding hydrogens is 230 g/mol. The molecule has 2 heterocycles. The summed E-state index contributed by atoms with van der Waals surface area (Å²) < 4.78 is 1.92. The Hall–Kier alpha value is -1.13. The van der Waals surface area contributed by atoms with Crippen LogP contribution in [0.2, 0.25) is 0 Å². The Kier molecular flexibility index (Phi) is 3.97. The maximum absolute atomic E-state index is 4.24. The summed E-state index contributed by atoms with van der Waals surface area (Å²) in [4.78, 5) is 1.45. The van der Waals surface area contributed by atoms with Gasteiger partial charge in [0.1, 0.15) is 0 Å². The Morgan fingerprint density at radius 2 is 2.18 bits per heavy atom. The van der Waals surface area contributed by atoms with Gasteiger partial charge in [-0.1, -0.05) is 6.92 Å². The van der Waals surface area contributed by atoms with Gasteiger partial charge in [-0.05, 0) is 30.4 Å². The van der Waals surface area contributed by atoms with Crippen molar-refractivity contribution in [3.8, 4) is 0 Å². The van der Waals surface area contributed by atoms with Crippen LogP contribution in [0.1, 0.15) is 28.6 Å². The fourth-order valence-electron chi connectivity index (χ4n) is 1.87. The average molecular weight is 249 g/mol. The maximum atomic E-state index is 4.24. The van der Waals surface area contributed by atoms with E-state index in [1.54, 1.807) is 0 Å². The molecule has 0 fully saturated rings. The molecule has 2 rings (SSSR count). The van der Waals surface area contributed by atoms with Crippen molar-refractivity contribution >= 4 is 11.3 Å². The lowest BCUT2D eigenvalue weighted by Gasteiger charge is -2.05. The normalized spacial score (nSPS) is 11.0. The van der Waals surface area contributed by atoms with Gasteiger partial charge >= 0.3 is 0 Å². The van der Waals surface area contributed by atoms with Gasteiger partial charge in [0.25, 0.3) is 0 Å². The summed E-state index contributed by atoms with van der Waals surface area (Å²) >= 11 is 1.84. The van der Waals surface area contributed by atoms with Crippen molar-refractivity contribution in [1.82, 2.24) is 15.1 Å². The van der Waals surface area contributed by atoms with Crippen LogP contribution in [0.4, 0.5) is 0 Å². The number of rotatable bonds is 5. The van der Waals surface area contributed by atoms with Crippen LogP contribution in [-0.4, -0.2) is 9.78 Å². The van der Waals surface area contributed by atoms with Gasteiger partial charge in [0.2, 0.25) is 0 Å². The lowest BCUT2D eigenvalue weighted by atomic mass is 10.2. The fraction of sp³-hybridized carbons (Fsp3) is 0.462. The second kappa shape index (κ2) is 5.47. The average Bonchev–Trinajstić information content (AvgIpc) is 2.90. The lowest BCUT2D eigenvalue weighted by molar-refractivity contribution is 0.687. The molecule has 0 atom stereocenters. The monoisotopic (exact) mass is 249 g/mol. The zero-order valence-corrected chi connectivity index (χ0v) is 11.5. The van der Waals surface area contributed by atoms with Crippen molar-refractivity contribution < 1.29 is 0 Å². The molecule has 0 aliphatic heterocycles. The van der Waals surface area contributed by atoms with Crippen molar-refractivity contribution in [3.63, 3.8) is 0 Å². The number of aryl methyl sites for hydroxylation is 2. The maximum Gasteiger partial charge on any atom is 0.0537 e. The quantitative estimate of drug-likeness (QED) is 0.883. The van der Waals surface area contributed by atoms with Crippen molar-refractivity contribution in [2.75, 3.05) is 0 Å². The molecular formula is C13H19N3S. The van der Waals surface area contributed by atoms with Crippen molar-refractivity contribution in [2.45, 2.75) is 33.4 Å². The third-order valence-electron chi connectivity index (χ3n) is 3.16. The number of nitrogens with one attached hydrogen (secondary N) is 1. The molecule has 0 unspecified atom stereocenters. The summed E-state index contributed by atoms with van der Waals surface area (Å²) in [6, 6.07) is 2.22. The molecule has 0 radical (unpaired) electrons. The Bertz CT molecular complexity index is 485. The molecule has 0 amide bonds. The highest BCUT2D eigenvalue weighted by atomic mass is 32.1. The van der Waals surface area contributed by atoms with E-state index in [-0.39, 0.29) is 0 Å². The van der Waals surface area contributed by atoms with Crippen LogP contribution in [0.5, 0.6) is 0 Å². The molecule has 4 heteroatoms. The summed E-state index contributed by atoms with van der Waals surface area (Å²) in [7, 11) is 1.98. The van der Waals surface area contributed by atoms with Crippen molar-refractivity contribution in [3.05, 3.63) is 39.3 Å². The van der Waals surface area contributed by atoms with Crippen LogP contribution in [0.3, 0.4) is 0 Å². The first-order valence-corrected chi connectivity index (χ1v) is 6.83. The molecule has 0 spiro atoms. The predicted molar refractivity (Wildman–Crippen MR) is 72.2 cm³/mol. The van der Waals surface area contributed by atoms with Gasteiger partial charge in [-0.3, -0.25) is 4.68 Å². The Morgan fingerprint density at radius 3 is 2.82 bits per heavy atom. The smallest absolute Gasteiger partial charge is 0.0537 e. The highest BCUT2D eigenvalue weighted by Crippen LogP contribution is 2.17. The molecule has 0 aliphatic carbocycles. The summed E-state index contributed by atoms with van der Waals surface area (Å²) in [5.74, 6) is 0. The van der Waals surface area contributed by atoms with Crippen LogP contribution < -0.4 is 5.32 Å². The molecule has 92 valence electrons. The fourth-order valence-corrected chi connectivity index (χ4v) is 2.81. The zero-order chi connectivity index (χ0) is 12.3. The minimum absolute atomic E-state index is 0.890. The van der Waals surface area contributed by atoms with Gasteiger partial charge in [0.15, 0.2) is 0 Å². The molecule has 0 saturated heterocycles. The first-order valence-electron chi connectivity index (χ1n) is 5.95. The number of aromatic nitrogens is 2. The largest absolute Gasteiger partial charge is 0.308 e. The molecule has 2 aromatic rings. The molecule has 0 bridgehead atoms. The zero-order valence-electron chi connectivity index (χ0n) is 10.7. The van der Waals surface area contributed by atoms with E-state index in [1.807, 2.05) is 29.3 Å². The summed E-state index contributed by atoms with van der Waals surface area (Å²) in [5.41, 5.74) is 3.98. The molecule has 2 aromatic heterocycles. The second-order valence-electron chi connectivity index (χ2n) is 4.20. The van der Waals surface area contributed by atoms with E-state index in [2.05, 4.69) is 35.7 Å². The topological polar surface area (TPSA) is 29.9 Å². The van der Waals surface area contributed by atoms with Gasteiger partial charge in [0.05, 0.1) is 6.20 Å². The number of nitrogens with zero attached hydrogens (tertiary/aromatic N) is 2. The Morgan fingerprint density at radius 1 is 1.35 bits per heavy atom. The number of hydrogen-bond donors (Lipinski definition) is 1. The summed E-state index contributed by atoms with van der Waals surface area (Å²) in [6.07, 6.45) is 3.06. The highest BCUT2D eigenvalue weighted by molar-refractivity contribution is 7.10. The van der Waals surface area contributed by atoms with E-state index in [1.165, 1.54) is 21.7 Å². The number of hydrogen-bond acceptors (Lipinski definition) is 3. The standard InChI is InChI=1S/C13H19N3S/c1-4-11-5-6-17-13(11)9-14-7-12-8-15-16(3)10(12)2/h5-6,8,14H,4,7,9H2,1-3H3. The molecule has 3 nitrogen and oxygen atoms in total. The summed E-state index contributed by atoms with van der Waals surface area (Å²) in [5, 5.41) is 9.91. The molecule has 0 aliphatic rings. The van der Waals surface area contributed by atoms with Gasteiger partial charge in [0, 0.05) is 36.3 Å². The first-order chi connectivity index (χ1) is 8.22. The van der Waals surface area contributed by atoms with Gasteiger partial charge in [-0.25, -0.2) is 0 Å². The lowest BCUT2D eigenvalue weighted by Crippen LogP contribution is -2.13. The van der Waals surface area contributed by atoms with Crippen LogP contribution >= 0.6 is 11.3 Å². The first kappa shape index (κ1) is 12.3. The predicted octanol–water partition coefficient (Wildman–Crippen LogP) is 2.64. The van der Waals surface area contributed by atoms with Crippen LogP contribution in [0.15, 0.2) is 17.6 Å². The second-order valence-corrected chi connectivity index (χ2v) is 5.21. The van der Waals surface area contributed by atoms with E-state index in [0.717, 1.165) is 19.5 Å². The van der Waals surface area contributed by atoms with Crippen molar-refractivity contribution in [1.29, 1.82) is 0 Å². The third-order valence-corrected chi connectivity index (χ3v) is 4.12. The number of thiophene rings is 1. The highest BCUT2D eigenvalue weighted by Gasteiger charge is 2.05. The van der Waals surface area contributed by atoms with Gasteiger partial charge in [-0.2, -0.15) is 5.10 Å². The minimum atomic E-state index is 0.890. The van der Waals surface area contributed by atoms with E-state index in [0.29, 0.717) is 0 Å². The third kappa shape index (κ3) is 2.76. The molecule has 17 heavy (non-hydrogen) atoms. The van der Waals surface area contributed by atoms with Crippen LogP contribution in [-0.2, 0) is 26.6 Å².